The zero-order valence-corrected chi connectivity index (χ0v) is 11.6. The summed E-state index contributed by atoms with van der Waals surface area (Å²) in [4.78, 5) is 6.52. The predicted octanol–water partition coefficient (Wildman–Crippen LogP) is -0.366. The summed E-state index contributed by atoms with van der Waals surface area (Å²) in [5.41, 5.74) is 5.94. The van der Waals surface area contributed by atoms with E-state index in [0.29, 0.717) is 18.2 Å². The van der Waals surface area contributed by atoms with Crippen LogP contribution in [0.1, 0.15) is 31.0 Å². The Morgan fingerprint density at radius 1 is 1.37 bits per heavy atom. The molecule has 3 heterocycles. The highest BCUT2D eigenvalue weighted by Crippen LogP contribution is 2.27. The molecule has 0 saturated carbocycles. The van der Waals surface area contributed by atoms with E-state index in [1.807, 2.05) is 0 Å². The van der Waals surface area contributed by atoms with Gasteiger partial charge in [-0.05, 0) is 19.3 Å². The molecule has 19 heavy (non-hydrogen) atoms. The highest BCUT2D eigenvalue weighted by molar-refractivity contribution is 7.91. The first-order valence-corrected chi connectivity index (χ1v) is 8.49. The average molecular weight is 285 g/mol. The van der Waals surface area contributed by atoms with Crippen LogP contribution in [0.3, 0.4) is 0 Å². The van der Waals surface area contributed by atoms with Crippen LogP contribution in [-0.2, 0) is 9.84 Å². The Hall–Kier alpha value is -1.15. The van der Waals surface area contributed by atoms with E-state index in [1.165, 1.54) is 0 Å². The first kappa shape index (κ1) is 12.9. The summed E-state index contributed by atoms with van der Waals surface area (Å²) in [6.45, 7) is 1.67. The zero-order valence-electron chi connectivity index (χ0n) is 10.7. The Morgan fingerprint density at radius 3 is 2.89 bits per heavy atom. The van der Waals surface area contributed by atoms with E-state index in [9.17, 15) is 8.42 Å². The van der Waals surface area contributed by atoms with Crippen molar-refractivity contribution in [1.82, 2.24) is 15.2 Å². The van der Waals surface area contributed by atoms with E-state index in [4.69, 9.17) is 5.73 Å². The molecule has 0 amide bonds. The van der Waals surface area contributed by atoms with Crippen LogP contribution in [0.2, 0.25) is 0 Å². The largest absolute Gasteiger partial charge is 0.338 e. The number of nitrogens with two attached hydrogens (primary N) is 1. The molecule has 0 spiro atoms. The quantitative estimate of drug-likeness (QED) is 0.768. The van der Waals surface area contributed by atoms with Crippen molar-refractivity contribution >= 4 is 15.8 Å². The van der Waals surface area contributed by atoms with Crippen LogP contribution in [-0.4, -0.2) is 54.2 Å². The van der Waals surface area contributed by atoms with E-state index in [2.05, 4.69) is 20.1 Å². The number of rotatable bonds is 2. The fraction of sp³-hybridized carbons (Fsp3) is 0.818. The molecule has 0 bridgehead atoms. The van der Waals surface area contributed by atoms with E-state index < -0.39 is 9.84 Å². The lowest BCUT2D eigenvalue weighted by atomic mass is 10.1. The third-order valence-electron chi connectivity index (χ3n) is 3.85. The highest BCUT2D eigenvalue weighted by Gasteiger charge is 2.32. The molecule has 8 heteroatoms. The number of nitrogens with zero attached hydrogens (tertiary/aromatic N) is 3. The van der Waals surface area contributed by atoms with Crippen LogP contribution in [0.4, 0.5) is 5.95 Å². The normalized spacial score (nSPS) is 30.7. The Balaban J connectivity index is 1.73. The predicted molar refractivity (Wildman–Crippen MR) is 71.8 cm³/mol. The molecule has 106 valence electrons. The molecule has 0 aliphatic carbocycles. The second-order valence-corrected chi connectivity index (χ2v) is 7.70. The van der Waals surface area contributed by atoms with E-state index in [1.54, 1.807) is 0 Å². The third-order valence-corrected chi connectivity index (χ3v) is 5.62. The lowest BCUT2D eigenvalue weighted by molar-refractivity contribution is 0.500. The van der Waals surface area contributed by atoms with Gasteiger partial charge in [0.1, 0.15) is 5.82 Å². The lowest BCUT2D eigenvalue weighted by Crippen LogP contribution is -2.43. The fourth-order valence-electron chi connectivity index (χ4n) is 2.79. The van der Waals surface area contributed by atoms with Crippen molar-refractivity contribution in [3.63, 3.8) is 0 Å². The number of hydrogen-bond donors (Lipinski definition) is 2. The molecule has 7 nitrogen and oxygen atoms in total. The summed E-state index contributed by atoms with van der Waals surface area (Å²) < 4.78 is 23.0. The number of anilines is 1. The highest BCUT2D eigenvalue weighted by atomic mass is 32.2. The molecule has 1 aromatic heterocycles. The second-order valence-electron chi connectivity index (χ2n) is 5.47. The molecule has 2 fully saturated rings. The Labute approximate surface area is 112 Å². The van der Waals surface area contributed by atoms with Crippen LogP contribution < -0.4 is 10.6 Å². The van der Waals surface area contributed by atoms with Crippen molar-refractivity contribution in [2.75, 3.05) is 29.5 Å². The number of nitrogens with one attached hydrogen (secondary N) is 1. The van der Waals surface area contributed by atoms with Gasteiger partial charge in [-0.1, -0.05) is 0 Å². The lowest BCUT2D eigenvalue weighted by Gasteiger charge is -2.29. The number of piperidine rings is 1. The van der Waals surface area contributed by atoms with Gasteiger partial charge in [0, 0.05) is 25.0 Å². The van der Waals surface area contributed by atoms with Crippen LogP contribution in [0.5, 0.6) is 0 Å². The Kier molecular flexibility index (Phi) is 3.22. The molecule has 3 rings (SSSR count). The summed E-state index contributed by atoms with van der Waals surface area (Å²) in [5.74, 6) is 1.73. The van der Waals surface area contributed by atoms with Gasteiger partial charge in [-0.15, -0.1) is 5.10 Å². The summed E-state index contributed by atoms with van der Waals surface area (Å²) in [5, 5.41) is 7.10. The second kappa shape index (κ2) is 4.75. The van der Waals surface area contributed by atoms with Gasteiger partial charge in [-0.3, -0.25) is 5.10 Å². The summed E-state index contributed by atoms with van der Waals surface area (Å²) in [7, 11) is -2.89. The third kappa shape index (κ3) is 2.74. The molecule has 2 saturated heterocycles. The van der Waals surface area contributed by atoms with Gasteiger partial charge >= 0.3 is 0 Å². The van der Waals surface area contributed by atoms with E-state index in [0.717, 1.165) is 25.9 Å². The van der Waals surface area contributed by atoms with Crippen LogP contribution >= 0.6 is 0 Å². The van der Waals surface area contributed by atoms with Gasteiger partial charge in [0.25, 0.3) is 0 Å². The number of hydrogen-bond acceptors (Lipinski definition) is 6. The topological polar surface area (TPSA) is 105 Å². The fourth-order valence-corrected chi connectivity index (χ4v) is 4.54. The molecule has 2 aliphatic rings. The number of aromatic amines is 1. The molecule has 2 aliphatic heterocycles. The number of H-pyrrole nitrogens is 1. The average Bonchev–Trinajstić information content (AvgIpc) is 2.95. The van der Waals surface area contributed by atoms with Gasteiger partial charge in [0.2, 0.25) is 5.95 Å². The van der Waals surface area contributed by atoms with Crippen molar-refractivity contribution in [2.24, 2.45) is 5.73 Å². The molecular weight excluding hydrogens is 266 g/mol. The summed E-state index contributed by atoms with van der Waals surface area (Å²) in [6, 6.07) is 0.169. The monoisotopic (exact) mass is 285 g/mol. The molecule has 2 atom stereocenters. The molecule has 1 aromatic rings. The maximum atomic E-state index is 11.5. The van der Waals surface area contributed by atoms with Crippen molar-refractivity contribution in [1.29, 1.82) is 0 Å². The minimum Gasteiger partial charge on any atom is -0.338 e. The van der Waals surface area contributed by atoms with Crippen LogP contribution in [0.15, 0.2) is 0 Å². The maximum Gasteiger partial charge on any atom is 0.244 e. The Bertz CT molecular complexity index is 555. The van der Waals surface area contributed by atoms with Crippen LogP contribution in [0, 0.1) is 0 Å². The zero-order chi connectivity index (χ0) is 13.5. The van der Waals surface area contributed by atoms with Gasteiger partial charge in [0.05, 0.1) is 11.5 Å². The minimum absolute atomic E-state index is 0.0373. The number of sulfone groups is 1. The van der Waals surface area contributed by atoms with Gasteiger partial charge in [-0.25, -0.2) is 8.42 Å². The van der Waals surface area contributed by atoms with Gasteiger partial charge in [-0.2, -0.15) is 4.98 Å². The van der Waals surface area contributed by atoms with Crippen molar-refractivity contribution < 1.29 is 8.42 Å². The first-order chi connectivity index (χ1) is 9.03. The smallest absolute Gasteiger partial charge is 0.244 e. The van der Waals surface area contributed by atoms with Crippen molar-refractivity contribution in [3.8, 4) is 0 Å². The van der Waals surface area contributed by atoms with E-state index >= 15 is 0 Å². The van der Waals surface area contributed by atoms with Crippen LogP contribution in [0.25, 0.3) is 0 Å². The molecule has 0 aromatic carbocycles. The Morgan fingerprint density at radius 2 is 2.21 bits per heavy atom. The molecule has 3 N–H and O–H groups in total. The van der Waals surface area contributed by atoms with Crippen molar-refractivity contribution in [3.05, 3.63) is 5.82 Å². The standard InChI is InChI=1S/C11H19N5O2S/c12-9-2-1-4-16(6-9)11-13-10(14-15-11)8-3-5-19(17,18)7-8/h8-9H,1-7,12H2,(H,13,14,15). The van der Waals surface area contributed by atoms with E-state index in [-0.39, 0.29) is 23.5 Å². The molecule has 0 radical (unpaired) electrons. The number of aromatic nitrogens is 3. The minimum atomic E-state index is -2.89. The van der Waals surface area contributed by atoms with Gasteiger partial charge in [0.15, 0.2) is 9.84 Å². The first-order valence-electron chi connectivity index (χ1n) is 6.67. The summed E-state index contributed by atoms with van der Waals surface area (Å²) >= 11 is 0. The summed E-state index contributed by atoms with van der Waals surface area (Å²) in [6.07, 6.45) is 2.72. The molecule has 2 unspecified atom stereocenters. The van der Waals surface area contributed by atoms with Gasteiger partial charge < -0.3 is 10.6 Å². The maximum absolute atomic E-state index is 11.5. The molecular formula is C11H19N5O2S. The SMILES string of the molecule is NC1CCCN(c2n[nH]c(C3CCS(=O)(=O)C3)n2)C1. The van der Waals surface area contributed by atoms with Crippen molar-refractivity contribution in [2.45, 2.75) is 31.2 Å².